The summed E-state index contributed by atoms with van der Waals surface area (Å²) in [5.41, 5.74) is 2.99. The summed E-state index contributed by atoms with van der Waals surface area (Å²) >= 11 is 0. The van der Waals surface area contributed by atoms with Crippen LogP contribution in [0.15, 0.2) is 53.4 Å². The Morgan fingerprint density at radius 2 is 1.75 bits per heavy atom. The summed E-state index contributed by atoms with van der Waals surface area (Å²) < 4.78 is 5.19. The van der Waals surface area contributed by atoms with Gasteiger partial charge in [0.1, 0.15) is 0 Å². The van der Waals surface area contributed by atoms with E-state index in [1.165, 1.54) is 4.90 Å². The lowest BCUT2D eigenvalue weighted by Crippen LogP contribution is -2.48. The summed E-state index contributed by atoms with van der Waals surface area (Å²) in [6.07, 6.45) is 7.24. The molecule has 2 heterocycles. The van der Waals surface area contributed by atoms with E-state index in [-0.39, 0.29) is 23.3 Å². The molecule has 0 N–H and O–H groups in total. The maximum atomic E-state index is 12.8. The molecule has 0 radical (unpaired) electrons. The minimum atomic E-state index is -0.261. The second-order valence-corrected chi connectivity index (χ2v) is 7.16. The van der Waals surface area contributed by atoms with Crippen molar-refractivity contribution in [1.29, 1.82) is 0 Å². The van der Waals surface area contributed by atoms with Crippen molar-refractivity contribution >= 4 is 17.4 Å². The lowest BCUT2D eigenvalue weighted by molar-refractivity contribution is 0.0488. The predicted octanol–water partition coefficient (Wildman–Crippen LogP) is 4.15. The Balaban J connectivity index is 1.78. The lowest BCUT2D eigenvalue weighted by Gasteiger charge is -2.41. The van der Waals surface area contributed by atoms with Crippen molar-refractivity contribution < 1.29 is 14.0 Å². The number of allylic oxidation sites excluding steroid dienone is 1. The zero-order chi connectivity index (χ0) is 16.9. The van der Waals surface area contributed by atoms with Crippen LogP contribution in [0.5, 0.6) is 0 Å². The van der Waals surface area contributed by atoms with Crippen LogP contribution >= 0.6 is 0 Å². The number of hydrogen-bond acceptors (Lipinski definition) is 3. The lowest BCUT2D eigenvalue weighted by atomic mass is 9.73. The Morgan fingerprint density at radius 3 is 2.33 bits per heavy atom. The number of fused-ring (bicyclic) bond motifs is 1. The normalized spacial score (nSPS) is 22.5. The van der Waals surface area contributed by atoms with Gasteiger partial charge in [0.25, 0.3) is 11.8 Å². The molecule has 0 spiro atoms. The average molecular weight is 321 g/mol. The number of hydrogen-bond donors (Lipinski definition) is 0. The highest BCUT2D eigenvalue weighted by molar-refractivity contribution is 6.21. The Hall–Kier alpha value is -2.62. The molecular weight excluding hydrogens is 302 g/mol. The van der Waals surface area contributed by atoms with Gasteiger partial charge >= 0.3 is 0 Å². The van der Waals surface area contributed by atoms with Gasteiger partial charge in [0, 0.05) is 5.56 Å². The van der Waals surface area contributed by atoms with Crippen molar-refractivity contribution in [2.45, 2.75) is 32.7 Å². The third-order valence-corrected chi connectivity index (χ3v) is 5.19. The number of amides is 2. The molecule has 0 saturated carbocycles. The molecule has 0 fully saturated rings. The molecule has 4 rings (SSSR count). The summed E-state index contributed by atoms with van der Waals surface area (Å²) in [4.78, 5) is 27.1. The van der Waals surface area contributed by atoms with Crippen molar-refractivity contribution in [3.05, 3.63) is 65.6 Å². The molecule has 4 nitrogen and oxygen atoms in total. The molecule has 122 valence electrons. The molecule has 1 unspecified atom stereocenters. The molecular formula is C20H19NO3. The van der Waals surface area contributed by atoms with Crippen LogP contribution in [0.4, 0.5) is 0 Å². The minimum Gasteiger partial charge on any atom is -0.472 e. The summed E-state index contributed by atoms with van der Waals surface area (Å²) in [5, 5.41) is 0. The third-order valence-electron chi connectivity index (χ3n) is 5.19. The fraction of sp³-hybridized carbons (Fsp3) is 0.300. The second kappa shape index (κ2) is 5.20. The molecule has 2 aliphatic rings. The Kier molecular flexibility index (Phi) is 3.23. The highest BCUT2D eigenvalue weighted by Crippen LogP contribution is 2.43. The molecule has 1 aliphatic carbocycles. The van der Waals surface area contributed by atoms with Crippen LogP contribution in [-0.2, 0) is 0 Å². The first-order valence-corrected chi connectivity index (χ1v) is 8.19. The van der Waals surface area contributed by atoms with Gasteiger partial charge in [0.15, 0.2) is 0 Å². The number of furan rings is 1. The largest absolute Gasteiger partial charge is 0.472 e. The summed E-state index contributed by atoms with van der Waals surface area (Å²) in [7, 11) is 0. The van der Waals surface area contributed by atoms with E-state index in [0.717, 1.165) is 24.0 Å². The fourth-order valence-corrected chi connectivity index (χ4v) is 3.68. The first-order valence-electron chi connectivity index (χ1n) is 8.19. The fourth-order valence-electron chi connectivity index (χ4n) is 3.68. The van der Waals surface area contributed by atoms with E-state index >= 15 is 0 Å². The van der Waals surface area contributed by atoms with E-state index in [2.05, 4.69) is 19.9 Å². The van der Waals surface area contributed by atoms with E-state index in [1.807, 2.05) is 6.07 Å². The van der Waals surface area contributed by atoms with Gasteiger partial charge in [-0.3, -0.25) is 14.5 Å². The smallest absolute Gasteiger partial charge is 0.262 e. The standard InChI is InChI=1S/C20H19NO3/c1-20(2)9-7-13(14-8-10-24-12-14)11-17(20)21-18(22)15-5-3-4-6-16(15)19(21)23/h3-6,8,10-12,17H,7,9H2,1-2H3. The molecule has 0 saturated heterocycles. The van der Waals surface area contributed by atoms with E-state index in [0.29, 0.717) is 11.1 Å². The molecule has 0 bridgehead atoms. The highest BCUT2D eigenvalue weighted by atomic mass is 16.3. The molecule has 1 aromatic carbocycles. The van der Waals surface area contributed by atoms with E-state index in [4.69, 9.17) is 4.42 Å². The minimum absolute atomic E-state index is 0.166. The van der Waals surface area contributed by atoms with Gasteiger partial charge in [0.05, 0.1) is 29.7 Å². The van der Waals surface area contributed by atoms with Gasteiger partial charge in [-0.1, -0.05) is 32.1 Å². The average Bonchev–Trinajstić information content (AvgIpc) is 3.17. The number of carbonyl (C=O) groups excluding carboxylic acids is 2. The molecule has 2 amide bonds. The van der Waals surface area contributed by atoms with Crippen LogP contribution in [0.1, 0.15) is 53.0 Å². The van der Waals surface area contributed by atoms with Gasteiger partial charge in [0.2, 0.25) is 0 Å². The SMILES string of the molecule is CC1(C)CCC(c2ccoc2)=CC1N1C(=O)c2ccccc2C1=O. The summed E-state index contributed by atoms with van der Waals surface area (Å²) in [6.45, 7) is 4.23. The topological polar surface area (TPSA) is 50.5 Å². The Labute approximate surface area is 140 Å². The first kappa shape index (κ1) is 14.9. The van der Waals surface area contributed by atoms with Crippen LogP contribution in [0.2, 0.25) is 0 Å². The van der Waals surface area contributed by atoms with Gasteiger partial charge in [-0.25, -0.2) is 0 Å². The Morgan fingerprint density at radius 1 is 1.08 bits per heavy atom. The summed E-state index contributed by atoms with van der Waals surface area (Å²) in [5.74, 6) is -0.392. The zero-order valence-corrected chi connectivity index (χ0v) is 13.8. The summed E-state index contributed by atoms with van der Waals surface area (Å²) in [6, 6.07) is 8.71. The Bertz CT molecular complexity index is 811. The highest BCUT2D eigenvalue weighted by Gasteiger charge is 2.46. The monoisotopic (exact) mass is 321 g/mol. The molecule has 4 heteroatoms. The van der Waals surface area contributed by atoms with Gasteiger partial charge in [-0.05, 0) is 42.0 Å². The van der Waals surface area contributed by atoms with Crippen LogP contribution in [0.25, 0.3) is 5.57 Å². The number of nitrogens with zero attached hydrogens (tertiary/aromatic N) is 1. The third kappa shape index (κ3) is 2.13. The molecule has 24 heavy (non-hydrogen) atoms. The van der Waals surface area contributed by atoms with Crippen LogP contribution < -0.4 is 0 Å². The van der Waals surface area contributed by atoms with E-state index in [1.54, 1.807) is 36.8 Å². The van der Waals surface area contributed by atoms with Gasteiger partial charge < -0.3 is 4.42 Å². The van der Waals surface area contributed by atoms with Crippen LogP contribution in [0.3, 0.4) is 0 Å². The first-order chi connectivity index (χ1) is 11.5. The molecule has 2 aromatic rings. The number of carbonyl (C=O) groups is 2. The maximum Gasteiger partial charge on any atom is 0.262 e. The number of imide groups is 1. The van der Waals surface area contributed by atoms with Crippen LogP contribution in [0, 0.1) is 5.41 Å². The molecule has 1 aliphatic heterocycles. The van der Waals surface area contributed by atoms with Gasteiger partial charge in [-0.2, -0.15) is 0 Å². The van der Waals surface area contributed by atoms with Crippen molar-refractivity contribution in [3.8, 4) is 0 Å². The van der Waals surface area contributed by atoms with Crippen LogP contribution in [-0.4, -0.2) is 22.8 Å². The second-order valence-electron chi connectivity index (χ2n) is 7.16. The quantitative estimate of drug-likeness (QED) is 0.781. The van der Waals surface area contributed by atoms with Crippen molar-refractivity contribution in [1.82, 2.24) is 4.90 Å². The number of rotatable bonds is 2. The van der Waals surface area contributed by atoms with E-state index < -0.39 is 0 Å². The number of benzene rings is 1. The maximum absolute atomic E-state index is 12.8. The van der Waals surface area contributed by atoms with Crippen molar-refractivity contribution in [2.24, 2.45) is 5.41 Å². The zero-order valence-electron chi connectivity index (χ0n) is 13.8. The predicted molar refractivity (Wildman–Crippen MR) is 90.4 cm³/mol. The molecule has 1 aromatic heterocycles. The van der Waals surface area contributed by atoms with Crippen molar-refractivity contribution in [3.63, 3.8) is 0 Å². The molecule has 1 atom stereocenters. The van der Waals surface area contributed by atoms with Crippen molar-refractivity contribution in [2.75, 3.05) is 0 Å². The van der Waals surface area contributed by atoms with E-state index in [9.17, 15) is 9.59 Å². The van der Waals surface area contributed by atoms with Gasteiger partial charge in [-0.15, -0.1) is 0 Å².